The van der Waals surface area contributed by atoms with Crippen LogP contribution in [0.2, 0.25) is 0 Å². The average Bonchev–Trinajstić information content (AvgIpc) is 3.20. The number of hydrogen-bond acceptors (Lipinski definition) is 5. The number of pyridine rings is 1. The third-order valence-corrected chi connectivity index (χ3v) is 5.03. The summed E-state index contributed by atoms with van der Waals surface area (Å²) in [5.41, 5.74) is 2.63. The number of methoxy groups -OCH3 is 1. The fourth-order valence-corrected chi connectivity index (χ4v) is 3.52. The summed E-state index contributed by atoms with van der Waals surface area (Å²) in [6, 6.07) is 11.4. The van der Waals surface area contributed by atoms with Crippen molar-refractivity contribution in [3.63, 3.8) is 0 Å². The van der Waals surface area contributed by atoms with E-state index in [2.05, 4.69) is 15.3 Å². The number of nitrogens with zero attached hydrogens (tertiary/aromatic N) is 3. The number of carbonyl (C=O) groups is 1. The molecule has 152 valence electrons. The number of urea groups is 1. The third kappa shape index (κ3) is 4.65. The summed E-state index contributed by atoms with van der Waals surface area (Å²) < 4.78 is 10.4. The van der Waals surface area contributed by atoms with Gasteiger partial charge in [0.25, 0.3) is 0 Å². The van der Waals surface area contributed by atoms with E-state index in [1.807, 2.05) is 29.2 Å². The maximum atomic E-state index is 12.7. The van der Waals surface area contributed by atoms with Gasteiger partial charge in [0.05, 0.1) is 29.5 Å². The van der Waals surface area contributed by atoms with Crippen molar-refractivity contribution in [1.29, 1.82) is 0 Å². The number of nitrogens with one attached hydrogen (secondary N) is 2. The zero-order chi connectivity index (χ0) is 20.1. The van der Waals surface area contributed by atoms with Crippen LogP contribution in [0, 0.1) is 0 Å². The van der Waals surface area contributed by atoms with Crippen LogP contribution in [0.5, 0.6) is 5.88 Å². The molecule has 4 rings (SSSR count). The Kier molecular flexibility index (Phi) is 5.90. The van der Waals surface area contributed by atoms with E-state index in [1.165, 1.54) is 0 Å². The highest BCUT2D eigenvalue weighted by Crippen LogP contribution is 2.27. The second-order valence-corrected chi connectivity index (χ2v) is 7.08. The summed E-state index contributed by atoms with van der Waals surface area (Å²) in [7, 11) is 1.62. The Morgan fingerprint density at radius 3 is 2.97 bits per heavy atom. The molecule has 0 saturated carbocycles. The van der Waals surface area contributed by atoms with Gasteiger partial charge < -0.3 is 24.7 Å². The number of aromatic nitrogens is 3. The molecule has 1 fully saturated rings. The maximum Gasteiger partial charge on any atom is 0.321 e. The SMILES string of the molecule is COCCOc1ccc(NC(=O)N2CCCC(c3nc4ccccc4[nH]3)C2)cn1. The Labute approximate surface area is 169 Å². The molecule has 3 aromatic rings. The van der Waals surface area contributed by atoms with Crippen LogP contribution in [-0.4, -0.2) is 59.3 Å². The van der Waals surface area contributed by atoms with Gasteiger partial charge in [0.2, 0.25) is 5.88 Å². The predicted octanol–water partition coefficient (Wildman–Crippen LogP) is 3.39. The summed E-state index contributed by atoms with van der Waals surface area (Å²) >= 11 is 0. The number of imidazole rings is 1. The number of ether oxygens (including phenoxy) is 2. The minimum atomic E-state index is -0.124. The first-order chi connectivity index (χ1) is 14.2. The summed E-state index contributed by atoms with van der Waals surface area (Å²) in [5.74, 6) is 1.66. The highest BCUT2D eigenvalue weighted by molar-refractivity contribution is 5.89. The lowest BCUT2D eigenvalue weighted by atomic mass is 9.97. The highest BCUT2D eigenvalue weighted by atomic mass is 16.5. The van der Waals surface area contributed by atoms with Gasteiger partial charge in [-0.3, -0.25) is 0 Å². The number of likely N-dealkylation sites (tertiary alicyclic amines) is 1. The molecule has 3 heterocycles. The predicted molar refractivity (Wildman–Crippen MR) is 110 cm³/mol. The molecular weight excluding hydrogens is 370 g/mol. The minimum Gasteiger partial charge on any atom is -0.475 e. The third-order valence-electron chi connectivity index (χ3n) is 5.03. The number of carbonyl (C=O) groups excluding carboxylic acids is 1. The van der Waals surface area contributed by atoms with Crippen molar-refractivity contribution in [3.05, 3.63) is 48.4 Å². The van der Waals surface area contributed by atoms with Gasteiger partial charge in [-0.25, -0.2) is 14.8 Å². The number of hydrogen-bond donors (Lipinski definition) is 2. The van der Waals surface area contributed by atoms with E-state index in [0.29, 0.717) is 31.3 Å². The van der Waals surface area contributed by atoms with Crippen LogP contribution in [0.25, 0.3) is 11.0 Å². The van der Waals surface area contributed by atoms with Crippen LogP contribution in [0.4, 0.5) is 10.5 Å². The second-order valence-electron chi connectivity index (χ2n) is 7.08. The first-order valence-corrected chi connectivity index (χ1v) is 9.81. The molecule has 2 amide bonds. The summed E-state index contributed by atoms with van der Waals surface area (Å²) in [4.78, 5) is 26.9. The van der Waals surface area contributed by atoms with Crippen LogP contribution >= 0.6 is 0 Å². The Morgan fingerprint density at radius 1 is 1.28 bits per heavy atom. The number of amides is 2. The number of H-pyrrole nitrogens is 1. The smallest absolute Gasteiger partial charge is 0.321 e. The Hall–Kier alpha value is -3.13. The van der Waals surface area contributed by atoms with Crippen LogP contribution in [0.1, 0.15) is 24.6 Å². The molecule has 8 heteroatoms. The monoisotopic (exact) mass is 395 g/mol. The topological polar surface area (TPSA) is 92.4 Å². The number of piperidine rings is 1. The number of para-hydroxylation sites is 2. The molecule has 0 aliphatic carbocycles. The molecule has 2 aromatic heterocycles. The van der Waals surface area contributed by atoms with Gasteiger partial charge in [-0.05, 0) is 31.0 Å². The van der Waals surface area contributed by atoms with Crippen LogP contribution in [-0.2, 0) is 4.74 Å². The first-order valence-electron chi connectivity index (χ1n) is 9.81. The standard InChI is InChI=1S/C21H25N5O3/c1-28-11-12-29-19-9-8-16(13-22-19)23-21(27)26-10-4-5-15(14-26)20-24-17-6-2-3-7-18(17)25-20/h2-3,6-9,13,15H,4-5,10-12,14H2,1H3,(H,23,27)(H,24,25). The van der Waals surface area contributed by atoms with Gasteiger partial charge in [-0.2, -0.15) is 0 Å². The fraction of sp³-hybridized carbons (Fsp3) is 0.381. The maximum absolute atomic E-state index is 12.7. The molecule has 1 atom stereocenters. The van der Waals surface area contributed by atoms with Gasteiger partial charge in [0.1, 0.15) is 12.4 Å². The lowest BCUT2D eigenvalue weighted by molar-refractivity contribution is 0.144. The summed E-state index contributed by atoms with van der Waals surface area (Å²) in [6.45, 7) is 2.30. The quantitative estimate of drug-likeness (QED) is 0.624. The summed E-state index contributed by atoms with van der Waals surface area (Å²) in [5, 5.41) is 2.92. The van der Waals surface area contributed by atoms with Crippen LogP contribution in [0.15, 0.2) is 42.6 Å². The van der Waals surface area contributed by atoms with Crippen molar-refractivity contribution in [3.8, 4) is 5.88 Å². The average molecular weight is 395 g/mol. The van der Waals surface area contributed by atoms with E-state index < -0.39 is 0 Å². The van der Waals surface area contributed by atoms with Crippen LogP contribution < -0.4 is 10.1 Å². The van der Waals surface area contributed by atoms with E-state index in [1.54, 1.807) is 25.4 Å². The lowest BCUT2D eigenvalue weighted by Crippen LogP contribution is -2.41. The molecule has 1 unspecified atom stereocenters. The molecule has 1 aromatic carbocycles. The molecule has 2 N–H and O–H groups in total. The highest BCUT2D eigenvalue weighted by Gasteiger charge is 2.26. The molecule has 0 spiro atoms. The lowest BCUT2D eigenvalue weighted by Gasteiger charge is -2.31. The number of anilines is 1. The van der Waals surface area contributed by atoms with Gasteiger partial charge >= 0.3 is 6.03 Å². The zero-order valence-corrected chi connectivity index (χ0v) is 16.4. The Morgan fingerprint density at radius 2 is 2.17 bits per heavy atom. The molecule has 0 radical (unpaired) electrons. The van der Waals surface area contributed by atoms with Gasteiger partial charge in [-0.1, -0.05) is 12.1 Å². The van der Waals surface area contributed by atoms with Crippen molar-refractivity contribution >= 4 is 22.8 Å². The van der Waals surface area contributed by atoms with E-state index >= 15 is 0 Å². The summed E-state index contributed by atoms with van der Waals surface area (Å²) in [6.07, 6.45) is 3.55. The first kappa shape index (κ1) is 19.2. The number of fused-ring (bicyclic) bond motifs is 1. The van der Waals surface area contributed by atoms with E-state index in [4.69, 9.17) is 14.5 Å². The molecule has 29 heavy (non-hydrogen) atoms. The Balaban J connectivity index is 1.36. The van der Waals surface area contributed by atoms with Crippen molar-refractivity contribution in [2.24, 2.45) is 0 Å². The van der Waals surface area contributed by atoms with Gasteiger partial charge in [0, 0.05) is 32.2 Å². The number of rotatable bonds is 6. The molecular formula is C21H25N5O3. The van der Waals surface area contributed by atoms with Crippen molar-refractivity contribution in [1.82, 2.24) is 19.9 Å². The molecule has 0 bridgehead atoms. The minimum absolute atomic E-state index is 0.124. The van der Waals surface area contributed by atoms with E-state index in [-0.39, 0.29) is 11.9 Å². The molecule has 1 aliphatic rings. The van der Waals surface area contributed by atoms with Crippen LogP contribution in [0.3, 0.4) is 0 Å². The van der Waals surface area contributed by atoms with Gasteiger partial charge in [0.15, 0.2) is 0 Å². The van der Waals surface area contributed by atoms with Gasteiger partial charge in [-0.15, -0.1) is 0 Å². The zero-order valence-electron chi connectivity index (χ0n) is 16.4. The van der Waals surface area contributed by atoms with Crippen molar-refractivity contribution in [2.45, 2.75) is 18.8 Å². The van der Waals surface area contributed by atoms with E-state index in [0.717, 1.165) is 36.2 Å². The molecule has 1 saturated heterocycles. The Bertz CT molecular complexity index is 923. The largest absolute Gasteiger partial charge is 0.475 e. The fourth-order valence-electron chi connectivity index (χ4n) is 3.52. The van der Waals surface area contributed by atoms with Crippen molar-refractivity contribution < 1.29 is 14.3 Å². The molecule has 8 nitrogen and oxygen atoms in total. The second kappa shape index (κ2) is 8.91. The van der Waals surface area contributed by atoms with Crippen molar-refractivity contribution in [2.75, 3.05) is 38.7 Å². The normalized spacial score (nSPS) is 16.7. The van der Waals surface area contributed by atoms with E-state index in [9.17, 15) is 4.79 Å². The number of benzene rings is 1. The molecule has 1 aliphatic heterocycles. The number of aromatic amines is 1.